The Bertz CT molecular complexity index is 793. The second kappa shape index (κ2) is 4.67. The van der Waals surface area contributed by atoms with Gasteiger partial charge in [0.15, 0.2) is 0 Å². The van der Waals surface area contributed by atoms with Crippen LogP contribution >= 0.6 is 15.9 Å². The molecular formula is C16H11BrO2. The van der Waals surface area contributed by atoms with E-state index in [1.807, 2.05) is 42.5 Å². The van der Waals surface area contributed by atoms with Crippen molar-refractivity contribution in [3.8, 4) is 0 Å². The predicted octanol–water partition coefficient (Wildman–Crippen LogP) is 4.54. The van der Waals surface area contributed by atoms with Gasteiger partial charge in [0, 0.05) is 9.86 Å². The van der Waals surface area contributed by atoms with Gasteiger partial charge in [0.2, 0.25) is 0 Å². The van der Waals surface area contributed by atoms with Gasteiger partial charge in [-0.25, -0.2) is 4.79 Å². The Balaban J connectivity index is 2.55. The predicted molar refractivity (Wildman–Crippen MR) is 80.5 cm³/mol. The van der Waals surface area contributed by atoms with Crippen LogP contribution in [0.15, 0.2) is 53.0 Å². The lowest BCUT2D eigenvalue weighted by Crippen LogP contribution is -2.02. The SMILES string of the molecule is COC(=O)c1cc2ccccc2c2cccc(Br)c12. The molecule has 0 fully saturated rings. The molecule has 3 aromatic rings. The number of methoxy groups -OCH3 is 1. The van der Waals surface area contributed by atoms with Crippen molar-refractivity contribution in [1.29, 1.82) is 0 Å². The van der Waals surface area contributed by atoms with E-state index >= 15 is 0 Å². The normalized spacial score (nSPS) is 10.8. The van der Waals surface area contributed by atoms with E-state index in [4.69, 9.17) is 4.74 Å². The second-order valence-electron chi connectivity index (χ2n) is 4.30. The van der Waals surface area contributed by atoms with Crippen LogP contribution in [-0.4, -0.2) is 13.1 Å². The van der Waals surface area contributed by atoms with Gasteiger partial charge in [-0.2, -0.15) is 0 Å². The van der Waals surface area contributed by atoms with E-state index in [1.54, 1.807) is 0 Å². The molecule has 0 N–H and O–H groups in total. The van der Waals surface area contributed by atoms with Crippen molar-refractivity contribution in [2.45, 2.75) is 0 Å². The number of rotatable bonds is 1. The van der Waals surface area contributed by atoms with E-state index in [2.05, 4.69) is 22.0 Å². The molecule has 0 aliphatic rings. The molecule has 0 heterocycles. The minimum absolute atomic E-state index is 0.317. The number of fused-ring (bicyclic) bond motifs is 3. The Kier molecular flexibility index (Phi) is 2.99. The summed E-state index contributed by atoms with van der Waals surface area (Å²) in [5.74, 6) is -0.317. The molecule has 0 atom stereocenters. The molecule has 0 saturated carbocycles. The highest BCUT2D eigenvalue weighted by Gasteiger charge is 2.15. The highest BCUT2D eigenvalue weighted by Crippen LogP contribution is 2.33. The first-order valence-electron chi connectivity index (χ1n) is 5.90. The van der Waals surface area contributed by atoms with Gasteiger partial charge in [0.1, 0.15) is 0 Å². The Morgan fingerprint density at radius 2 is 1.79 bits per heavy atom. The largest absolute Gasteiger partial charge is 0.465 e. The zero-order valence-electron chi connectivity index (χ0n) is 10.3. The third-order valence-electron chi connectivity index (χ3n) is 3.24. The molecule has 3 heteroatoms. The van der Waals surface area contributed by atoms with Crippen molar-refractivity contribution in [3.05, 3.63) is 58.6 Å². The maximum absolute atomic E-state index is 12.0. The minimum atomic E-state index is -0.317. The summed E-state index contributed by atoms with van der Waals surface area (Å²) in [5, 5.41) is 4.11. The maximum atomic E-state index is 12.0. The average molecular weight is 315 g/mol. The number of esters is 1. The van der Waals surface area contributed by atoms with Crippen molar-refractivity contribution in [3.63, 3.8) is 0 Å². The van der Waals surface area contributed by atoms with Crippen molar-refractivity contribution in [2.75, 3.05) is 7.11 Å². The van der Waals surface area contributed by atoms with Crippen LogP contribution in [0.2, 0.25) is 0 Å². The molecule has 0 radical (unpaired) electrons. The minimum Gasteiger partial charge on any atom is -0.465 e. The molecule has 3 rings (SSSR count). The van der Waals surface area contributed by atoms with E-state index in [9.17, 15) is 4.79 Å². The first kappa shape index (κ1) is 12.2. The number of carbonyl (C=O) groups excluding carboxylic acids is 1. The summed E-state index contributed by atoms with van der Waals surface area (Å²) in [4.78, 5) is 12.0. The smallest absolute Gasteiger partial charge is 0.338 e. The van der Waals surface area contributed by atoms with Gasteiger partial charge < -0.3 is 4.74 Å². The molecule has 0 aromatic heterocycles. The third-order valence-corrected chi connectivity index (χ3v) is 3.90. The lowest BCUT2D eigenvalue weighted by Gasteiger charge is -2.10. The van der Waals surface area contributed by atoms with Crippen LogP contribution in [0.1, 0.15) is 10.4 Å². The van der Waals surface area contributed by atoms with Crippen LogP contribution < -0.4 is 0 Å². The summed E-state index contributed by atoms with van der Waals surface area (Å²) < 4.78 is 5.79. The maximum Gasteiger partial charge on any atom is 0.338 e. The Morgan fingerprint density at radius 1 is 1.05 bits per heavy atom. The number of hydrogen-bond acceptors (Lipinski definition) is 2. The van der Waals surface area contributed by atoms with Crippen LogP contribution in [0.4, 0.5) is 0 Å². The first-order chi connectivity index (χ1) is 9.22. The molecule has 0 unspecified atom stereocenters. The van der Waals surface area contributed by atoms with Gasteiger partial charge in [-0.1, -0.05) is 52.3 Å². The fourth-order valence-corrected chi connectivity index (χ4v) is 2.97. The summed E-state index contributed by atoms with van der Waals surface area (Å²) in [6, 6.07) is 15.8. The Morgan fingerprint density at radius 3 is 2.58 bits per heavy atom. The fraction of sp³-hybridized carbons (Fsp3) is 0.0625. The highest BCUT2D eigenvalue weighted by molar-refractivity contribution is 9.10. The number of halogens is 1. The molecule has 3 aromatic carbocycles. The Labute approximate surface area is 119 Å². The number of carbonyl (C=O) groups is 1. The lowest BCUT2D eigenvalue weighted by molar-refractivity contribution is 0.0603. The Hall–Kier alpha value is -1.87. The summed E-state index contributed by atoms with van der Waals surface area (Å²) in [7, 11) is 1.40. The molecule has 0 saturated heterocycles. The van der Waals surface area contributed by atoms with Crippen molar-refractivity contribution in [2.24, 2.45) is 0 Å². The molecule has 0 aliphatic heterocycles. The summed E-state index contributed by atoms with van der Waals surface area (Å²) in [6.45, 7) is 0. The molecular weight excluding hydrogens is 304 g/mol. The molecule has 0 spiro atoms. The first-order valence-corrected chi connectivity index (χ1v) is 6.70. The van der Waals surface area contributed by atoms with E-state index in [1.165, 1.54) is 7.11 Å². The zero-order valence-corrected chi connectivity index (χ0v) is 11.9. The molecule has 0 amide bonds. The lowest BCUT2D eigenvalue weighted by atomic mass is 9.97. The topological polar surface area (TPSA) is 26.3 Å². The third kappa shape index (κ3) is 1.90. The van der Waals surface area contributed by atoms with Gasteiger partial charge in [0.25, 0.3) is 0 Å². The molecule has 19 heavy (non-hydrogen) atoms. The van der Waals surface area contributed by atoms with E-state index < -0.39 is 0 Å². The van der Waals surface area contributed by atoms with Crippen molar-refractivity contribution < 1.29 is 9.53 Å². The van der Waals surface area contributed by atoms with Crippen LogP contribution in [0.5, 0.6) is 0 Å². The van der Waals surface area contributed by atoms with Crippen molar-refractivity contribution >= 4 is 43.4 Å². The number of benzene rings is 3. The van der Waals surface area contributed by atoms with Gasteiger partial charge in [-0.15, -0.1) is 0 Å². The number of hydrogen-bond donors (Lipinski definition) is 0. The van der Waals surface area contributed by atoms with Gasteiger partial charge >= 0.3 is 5.97 Å². The summed E-state index contributed by atoms with van der Waals surface area (Å²) >= 11 is 3.52. The molecule has 0 bridgehead atoms. The monoisotopic (exact) mass is 314 g/mol. The van der Waals surface area contributed by atoms with Gasteiger partial charge in [-0.3, -0.25) is 0 Å². The van der Waals surface area contributed by atoms with E-state index in [0.29, 0.717) is 5.56 Å². The van der Waals surface area contributed by atoms with Crippen LogP contribution in [-0.2, 0) is 4.74 Å². The zero-order chi connectivity index (χ0) is 13.4. The van der Waals surface area contributed by atoms with Crippen LogP contribution in [0.25, 0.3) is 21.5 Å². The standard InChI is InChI=1S/C16H11BrO2/c1-19-16(18)13-9-10-5-2-3-6-11(10)12-7-4-8-14(17)15(12)13/h2-9H,1H3. The number of ether oxygens (including phenoxy) is 1. The van der Waals surface area contributed by atoms with Gasteiger partial charge in [-0.05, 0) is 28.3 Å². The highest BCUT2D eigenvalue weighted by atomic mass is 79.9. The van der Waals surface area contributed by atoms with Crippen LogP contribution in [0, 0.1) is 0 Å². The second-order valence-corrected chi connectivity index (χ2v) is 5.15. The molecule has 0 aliphatic carbocycles. The van der Waals surface area contributed by atoms with Crippen molar-refractivity contribution in [1.82, 2.24) is 0 Å². The summed E-state index contributed by atoms with van der Waals surface area (Å²) in [6.07, 6.45) is 0. The molecule has 2 nitrogen and oxygen atoms in total. The fourth-order valence-electron chi connectivity index (χ4n) is 2.39. The van der Waals surface area contributed by atoms with Crippen LogP contribution in [0.3, 0.4) is 0 Å². The van der Waals surface area contributed by atoms with Gasteiger partial charge in [0.05, 0.1) is 12.7 Å². The average Bonchev–Trinajstić information content (AvgIpc) is 2.46. The summed E-state index contributed by atoms with van der Waals surface area (Å²) in [5.41, 5.74) is 0.587. The van der Waals surface area contributed by atoms with E-state index in [-0.39, 0.29) is 5.97 Å². The molecule has 94 valence electrons. The quantitative estimate of drug-likeness (QED) is 0.487. The van der Waals surface area contributed by atoms with E-state index in [0.717, 1.165) is 26.0 Å².